The molecule has 9 rings (SSSR count). The van der Waals surface area contributed by atoms with Crippen LogP contribution in [0.2, 0.25) is 0 Å². The fraction of sp³-hybridized carbons (Fsp3) is 0.0444. The number of hydrogen-bond donors (Lipinski definition) is 0. The minimum absolute atomic E-state index is 0.579. The van der Waals surface area contributed by atoms with E-state index < -0.39 is 0 Å². The second-order valence-electron chi connectivity index (χ2n) is 11.8. The molecule has 0 aliphatic rings. The van der Waals surface area contributed by atoms with E-state index in [0.717, 1.165) is 66.5 Å². The van der Waals surface area contributed by atoms with Gasteiger partial charge in [0.15, 0.2) is 5.82 Å². The van der Waals surface area contributed by atoms with E-state index in [1.54, 1.807) is 12.1 Å². The third-order valence-electron chi connectivity index (χ3n) is 8.75. The van der Waals surface area contributed by atoms with Gasteiger partial charge in [-0.25, -0.2) is 19.9 Å². The molecule has 51 heavy (non-hydrogen) atoms. The van der Waals surface area contributed by atoms with Gasteiger partial charge in [0.05, 0.1) is 39.7 Å². The lowest BCUT2D eigenvalue weighted by Gasteiger charge is -2.13. The molecular weight excluding hydrogens is 627 g/mol. The maximum absolute atomic E-state index is 9.41. The van der Waals surface area contributed by atoms with E-state index in [0.29, 0.717) is 28.5 Å². The van der Waals surface area contributed by atoms with Crippen LogP contribution in [0.4, 0.5) is 0 Å². The molecule has 0 aliphatic heterocycles. The van der Waals surface area contributed by atoms with Crippen LogP contribution in [-0.2, 0) is 0 Å². The Kier molecular flexibility index (Phi) is 8.29. The van der Waals surface area contributed by atoms with Gasteiger partial charge in [-0.3, -0.25) is 0 Å². The van der Waals surface area contributed by atoms with Crippen molar-refractivity contribution in [1.82, 2.24) is 19.9 Å². The summed E-state index contributed by atoms with van der Waals surface area (Å²) in [5.41, 5.74) is 11.5. The molecule has 3 aromatic heterocycles. The normalized spacial score (nSPS) is 10.9. The van der Waals surface area contributed by atoms with Crippen molar-refractivity contribution < 1.29 is 4.42 Å². The molecule has 6 aromatic carbocycles. The number of rotatable bonds is 5. The van der Waals surface area contributed by atoms with Crippen molar-refractivity contribution in [3.8, 4) is 62.5 Å². The second kappa shape index (κ2) is 13.5. The largest absolute Gasteiger partial charge is 0.456 e. The van der Waals surface area contributed by atoms with Crippen LogP contribution >= 0.6 is 0 Å². The first kappa shape index (κ1) is 31.3. The Morgan fingerprint density at radius 3 is 1.84 bits per heavy atom. The molecule has 3 heterocycles. The molecule has 0 N–H and O–H groups in total. The summed E-state index contributed by atoms with van der Waals surface area (Å²) in [5, 5.41) is 11.6. The second-order valence-corrected chi connectivity index (χ2v) is 11.8. The quantitative estimate of drug-likeness (QED) is 0.183. The molecule has 0 saturated carbocycles. The Morgan fingerprint density at radius 1 is 0.490 bits per heavy atom. The van der Waals surface area contributed by atoms with Crippen molar-refractivity contribution in [2.45, 2.75) is 13.8 Å². The van der Waals surface area contributed by atoms with Crippen LogP contribution < -0.4 is 0 Å². The average Bonchev–Trinajstić information content (AvgIpc) is 3.60. The Morgan fingerprint density at radius 2 is 1.10 bits per heavy atom. The van der Waals surface area contributed by atoms with Gasteiger partial charge >= 0.3 is 0 Å². The van der Waals surface area contributed by atoms with E-state index in [9.17, 15) is 5.26 Å². The van der Waals surface area contributed by atoms with Crippen LogP contribution in [0.15, 0.2) is 156 Å². The lowest BCUT2D eigenvalue weighted by atomic mass is 9.98. The van der Waals surface area contributed by atoms with E-state index in [4.69, 9.17) is 24.4 Å². The topological polar surface area (TPSA) is 88.5 Å². The van der Waals surface area contributed by atoms with Crippen molar-refractivity contribution in [3.63, 3.8) is 0 Å². The number of furan rings is 1. The smallest absolute Gasteiger partial charge is 0.160 e. The fourth-order valence-corrected chi connectivity index (χ4v) is 6.35. The van der Waals surface area contributed by atoms with E-state index >= 15 is 0 Å². The first-order valence-electron chi connectivity index (χ1n) is 17.0. The van der Waals surface area contributed by atoms with Gasteiger partial charge in [0.25, 0.3) is 0 Å². The number of fused-ring (bicyclic) bond motifs is 4. The van der Waals surface area contributed by atoms with E-state index in [1.807, 2.05) is 117 Å². The molecule has 0 radical (unpaired) electrons. The fourth-order valence-electron chi connectivity index (χ4n) is 6.35. The van der Waals surface area contributed by atoms with Gasteiger partial charge in [0, 0.05) is 27.5 Å². The van der Waals surface area contributed by atoms with Crippen molar-refractivity contribution in [1.29, 1.82) is 5.26 Å². The highest BCUT2D eigenvalue weighted by Gasteiger charge is 2.19. The summed E-state index contributed by atoms with van der Waals surface area (Å²) in [6.45, 7) is 4.00. The van der Waals surface area contributed by atoms with Crippen LogP contribution in [0.3, 0.4) is 0 Å². The number of nitriles is 1. The summed E-state index contributed by atoms with van der Waals surface area (Å²) in [7, 11) is 0. The van der Waals surface area contributed by atoms with Gasteiger partial charge in [-0.15, -0.1) is 0 Å². The zero-order valence-electron chi connectivity index (χ0n) is 28.1. The zero-order chi connectivity index (χ0) is 34.7. The Hall–Kier alpha value is -6.97. The maximum atomic E-state index is 9.41. The van der Waals surface area contributed by atoms with Crippen LogP contribution in [0.1, 0.15) is 19.4 Å². The summed E-state index contributed by atoms with van der Waals surface area (Å²) in [4.78, 5) is 20.4. The van der Waals surface area contributed by atoms with Crippen molar-refractivity contribution in [2.24, 2.45) is 0 Å². The van der Waals surface area contributed by atoms with Crippen LogP contribution in [-0.4, -0.2) is 19.9 Å². The highest BCUT2D eigenvalue weighted by atomic mass is 16.3. The molecule has 6 heteroatoms. The standard InChI is InChI=1S/C43H25N5O.C2H6/c44-26-27-17-19-30(20-18-27)41-42(46-35-14-6-5-13-34(35)45-41)37-25-36(29-9-2-1-3-10-29)47-43(48-37)31-23-21-28(22-24-31)32-12-8-16-39-40(32)33-11-4-7-15-38(33)49-39;1-2/h1-25H;1-2H3. The molecule has 0 saturated heterocycles. The van der Waals surface area contributed by atoms with E-state index in [1.165, 1.54) is 0 Å². The highest BCUT2D eigenvalue weighted by Crippen LogP contribution is 2.38. The average molecular weight is 658 g/mol. The summed E-state index contributed by atoms with van der Waals surface area (Å²) in [6.07, 6.45) is 0. The first-order chi connectivity index (χ1) is 25.2. The Bertz CT molecular complexity index is 2710. The SMILES string of the molecule is CC.N#Cc1ccc(-c2nc3ccccc3nc2-c2cc(-c3ccccc3)nc(-c3ccc(-c4cccc5oc6ccccc6c45)cc3)n2)cc1. The number of aromatic nitrogens is 4. The minimum atomic E-state index is 0.579. The molecule has 0 spiro atoms. The number of nitrogens with zero attached hydrogens (tertiary/aromatic N) is 5. The summed E-state index contributed by atoms with van der Waals surface area (Å²) in [5.74, 6) is 0.579. The van der Waals surface area contributed by atoms with Gasteiger partial charge in [-0.05, 0) is 53.6 Å². The highest BCUT2D eigenvalue weighted by molar-refractivity contribution is 6.12. The Balaban J connectivity index is 0.00000184. The number of para-hydroxylation sites is 3. The maximum Gasteiger partial charge on any atom is 0.160 e. The van der Waals surface area contributed by atoms with Crippen LogP contribution in [0, 0.1) is 11.3 Å². The van der Waals surface area contributed by atoms with Crippen LogP contribution in [0.25, 0.3) is 89.4 Å². The van der Waals surface area contributed by atoms with Crippen molar-refractivity contribution in [2.75, 3.05) is 0 Å². The Labute approximate surface area is 295 Å². The lowest BCUT2D eigenvalue weighted by Crippen LogP contribution is -2.01. The van der Waals surface area contributed by atoms with Gasteiger partial charge in [-0.1, -0.05) is 123 Å². The summed E-state index contributed by atoms with van der Waals surface area (Å²) < 4.78 is 6.15. The van der Waals surface area contributed by atoms with Gasteiger partial charge in [0.1, 0.15) is 16.9 Å². The first-order valence-corrected chi connectivity index (χ1v) is 17.0. The van der Waals surface area contributed by atoms with Crippen molar-refractivity contribution >= 4 is 33.0 Å². The van der Waals surface area contributed by atoms with Crippen LogP contribution in [0.5, 0.6) is 0 Å². The molecule has 9 aromatic rings. The lowest BCUT2D eigenvalue weighted by molar-refractivity contribution is 0.669. The number of hydrogen-bond acceptors (Lipinski definition) is 6. The monoisotopic (exact) mass is 657 g/mol. The molecule has 0 unspecified atom stereocenters. The number of benzene rings is 6. The molecule has 0 aliphatic carbocycles. The molecular formula is C45H31N5O. The third kappa shape index (κ3) is 5.88. The molecule has 0 atom stereocenters. The third-order valence-corrected chi connectivity index (χ3v) is 8.75. The van der Waals surface area contributed by atoms with Gasteiger partial charge in [-0.2, -0.15) is 5.26 Å². The molecule has 0 fully saturated rings. The molecule has 0 amide bonds. The molecule has 242 valence electrons. The minimum Gasteiger partial charge on any atom is -0.456 e. The predicted molar refractivity (Wildman–Crippen MR) is 206 cm³/mol. The molecule has 0 bridgehead atoms. The zero-order valence-corrected chi connectivity index (χ0v) is 28.1. The summed E-state index contributed by atoms with van der Waals surface area (Å²) >= 11 is 0. The predicted octanol–water partition coefficient (Wildman–Crippen LogP) is 11.6. The van der Waals surface area contributed by atoms with Gasteiger partial charge in [0.2, 0.25) is 0 Å². The van der Waals surface area contributed by atoms with E-state index in [2.05, 4.69) is 42.5 Å². The van der Waals surface area contributed by atoms with Crippen molar-refractivity contribution in [3.05, 3.63) is 157 Å². The molecule has 6 nitrogen and oxygen atoms in total. The van der Waals surface area contributed by atoms with E-state index in [-0.39, 0.29) is 0 Å². The van der Waals surface area contributed by atoms with Gasteiger partial charge < -0.3 is 4.42 Å². The summed E-state index contributed by atoms with van der Waals surface area (Å²) in [6, 6.07) is 52.2.